The molecule has 0 radical (unpaired) electrons. The molecule has 0 aromatic carbocycles. The lowest BCUT2D eigenvalue weighted by Gasteiger charge is -2.15. The molecule has 3 N–H and O–H groups in total. The van der Waals surface area contributed by atoms with Crippen LogP contribution in [0.25, 0.3) is 0 Å². The molecule has 0 bridgehead atoms. The van der Waals surface area contributed by atoms with Crippen molar-refractivity contribution in [1.82, 2.24) is 16.0 Å². The average Bonchev–Trinajstić information content (AvgIpc) is 2.18. The Hall–Kier alpha value is -0.820. The van der Waals surface area contributed by atoms with Crippen molar-refractivity contribution >= 4 is 24.4 Å². The van der Waals surface area contributed by atoms with Crippen LogP contribution in [-0.2, 0) is 9.59 Å². The van der Waals surface area contributed by atoms with Crippen molar-refractivity contribution in [2.75, 3.05) is 19.8 Å². The first-order chi connectivity index (χ1) is 6.56. The lowest BCUT2D eigenvalue weighted by atomic mass is 10.3. The van der Waals surface area contributed by atoms with Gasteiger partial charge in [-0.3, -0.25) is 9.59 Å². The highest BCUT2D eigenvalue weighted by atomic mass is 32.1. The number of alkyl halides is 1. The van der Waals surface area contributed by atoms with E-state index in [9.17, 15) is 14.0 Å². The molecule has 82 valence electrons. The third-order valence-electron chi connectivity index (χ3n) is 1.59. The summed E-state index contributed by atoms with van der Waals surface area (Å²) in [6.45, 7) is 0. The van der Waals surface area contributed by atoms with Gasteiger partial charge >= 0.3 is 0 Å². The average molecular weight is 223 g/mol. The Morgan fingerprint density at radius 3 is 2.29 bits per heavy atom. The van der Waals surface area contributed by atoms with Gasteiger partial charge in [-0.05, 0) is 7.05 Å². The number of thiol groups is 1. The zero-order chi connectivity index (χ0) is 11.1. The van der Waals surface area contributed by atoms with Gasteiger partial charge in [-0.15, -0.1) is 0 Å². The van der Waals surface area contributed by atoms with E-state index in [1.807, 2.05) is 5.32 Å². The summed E-state index contributed by atoms with van der Waals surface area (Å²) in [7, 11) is 2.84. The zero-order valence-electron chi connectivity index (χ0n) is 8.00. The minimum atomic E-state index is -2.02. The lowest BCUT2D eigenvalue weighted by Crippen LogP contribution is -2.50. The van der Waals surface area contributed by atoms with Crippen LogP contribution in [-0.4, -0.2) is 44.0 Å². The lowest BCUT2D eigenvalue weighted by molar-refractivity contribution is -0.133. The van der Waals surface area contributed by atoms with E-state index in [0.29, 0.717) is 0 Å². The third kappa shape index (κ3) is 3.93. The van der Waals surface area contributed by atoms with Gasteiger partial charge in [0.1, 0.15) is 0 Å². The topological polar surface area (TPSA) is 70.2 Å². The molecule has 0 heterocycles. The number of nitrogens with one attached hydrogen (secondary N) is 3. The quantitative estimate of drug-likeness (QED) is 0.344. The standard InChI is InChI=1S/C7H14FN3O2S/c1-9-4(3-14)6(12)11-5(8)7(13)10-2/h4-5,9,14H,3H2,1-2H3,(H,10,13)(H,11,12). The fourth-order valence-corrected chi connectivity index (χ4v) is 1.07. The number of carbonyl (C=O) groups is 2. The van der Waals surface area contributed by atoms with Gasteiger partial charge in [0, 0.05) is 12.8 Å². The molecule has 0 spiro atoms. The predicted octanol–water partition coefficient (Wildman–Crippen LogP) is -1.34. The van der Waals surface area contributed by atoms with Crippen LogP contribution in [0.5, 0.6) is 0 Å². The van der Waals surface area contributed by atoms with Gasteiger partial charge < -0.3 is 16.0 Å². The van der Waals surface area contributed by atoms with E-state index >= 15 is 0 Å². The molecule has 14 heavy (non-hydrogen) atoms. The summed E-state index contributed by atoms with van der Waals surface area (Å²) in [5, 5.41) is 6.61. The van der Waals surface area contributed by atoms with Gasteiger partial charge in [-0.1, -0.05) is 0 Å². The molecule has 0 saturated heterocycles. The molecule has 0 aliphatic carbocycles. The fraction of sp³-hybridized carbons (Fsp3) is 0.714. The van der Waals surface area contributed by atoms with Crippen molar-refractivity contribution in [2.24, 2.45) is 0 Å². The molecule has 5 nitrogen and oxygen atoms in total. The van der Waals surface area contributed by atoms with E-state index in [2.05, 4.69) is 23.3 Å². The Kier molecular flexibility index (Phi) is 6.22. The number of hydrogen-bond donors (Lipinski definition) is 4. The monoisotopic (exact) mass is 223 g/mol. The van der Waals surface area contributed by atoms with E-state index in [4.69, 9.17) is 0 Å². The number of halogens is 1. The van der Waals surface area contributed by atoms with Crippen LogP contribution in [0.15, 0.2) is 0 Å². The minimum absolute atomic E-state index is 0.225. The van der Waals surface area contributed by atoms with Crippen LogP contribution in [0.2, 0.25) is 0 Å². The van der Waals surface area contributed by atoms with Crippen molar-refractivity contribution in [1.29, 1.82) is 0 Å². The molecule has 0 aromatic heterocycles. The summed E-state index contributed by atoms with van der Waals surface area (Å²) < 4.78 is 12.9. The predicted molar refractivity (Wildman–Crippen MR) is 53.8 cm³/mol. The second-order valence-corrected chi connectivity index (χ2v) is 2.87. The Bertz CT molecular complexity index is 211. The SMILES string of the molecule is CNC(=O)C(F)NC(=O)C(CS)NC. The van der Waals surface area contributed by atoms with E-state index in [1.54, 1.807) is 7.05 Å². The van der Waals surface area contributed by atoms with Crippen LogP contribution >= 0.6 is 12.6 Å². The van der Waals surface area contributed by atoms with E-state index in [-0.39, 0.29) is 5.75 Å². The maximum absolute atomic E-state index is 12.9. The highest BCUT2D eigenvalue weighted by Crippen LogP contribution is 1.91. The van der Waals surface area contributed by atoms with E-state index < -0.39 is 24.2 Å². The Morgan fingerprint density at radius 2 is 1.93 bits per heavy atom. The largest absolute Gasteiger partial charge is 0.355 e. The number of hydrogen-bond acceptors (Lipinski definition) is 4. The normalized spacial score (nSPS) is 14.3. The summed E-state index contributed by atoms with van der Waals surface area (Å²) in [5.41, 5.74) is 0. The Balaban J connectivity index is 4.10. The van der Waals surface area contributed by atoms with Crippen LogP contribution < -0.4 is 16.0 Å². The van der Waals surface area contributed by atoms with Gasteiger partial charge in [0.05, 0.1) is 6.04 Å². The van der Waals surface area contributed by atoms with Crippen LogP contribution in [0.4, 0.5) is 4.39 Å². The second-order valence-electron chi connectivity index (χ2n) is 2.51. The number of likely N-dealkylation sites (N-methyl/N-ethyl adjacent to an activating group) is 2. The molecule has 2 unspecified atom stereocenters. The molecule has 0 saturated carbocycles. The Morgan fingerprint density at radius 1 is 1.36 bits per heavy atom. The minimum Gasteiger partial charge on any atom is -0.355 e. The smallest absolute Gasteiger partial charge is 0.275 e. The fourth-order valence-electron chi connectivity index (χ4n) is 0.723. The third-order valence-corrected chi connectivity index (χ3v) is 1.96. The first-order valence-electron chi connectivity index (χ1n) is 4.01. The first kappa shape index (κ1) is 13.2. The molecule has 0 aliphatic rings. The summed E-state index contributed by atoms with van der Waals surface area (Å²) in [4.78, 5) is 21.9. The van der Waals surface area contributed by atoms with Crippen LogP contribution in [0.1, 0.15) is 0 Å². The highest BCUT2D eigenvalue weighted by Gasteiger charge is 2.22. The molecule has 0 aliphatic heterocycles. The van der Waals surface area contributed by atoms with Gasteiger partial charge in [0.25, 0.3) is 12.2 Å². The molecule has 2 amide bonds. The molecule has 0 aromatic rings. The van der Waals surface area contributed by atoms with Crippen molar-refractivity contribution < 1.29 is 14.0 Å². The van der Waals surface area contributed by atoms with Gasteiger partial charge in [0.15, 0.2) is 0 Å². The number of carbonyl (C=O) groups excluding carboxylic acids is 2. The van der Waals surface area contributed by atoms with Crippen molar-refractivity contribution in [2.45, 2.75) is 12.3 Å². The van der Waals surface area contributed by atoms with Gasteiger partial charge in [-0.2, -0.15) is 12.6 Å². The van der Waals surface area contributed by atoms with Crippen molar-refractivity contribution in [3.05, 3.63) is 0 Å². The maximum atomic E-state index is 12.9. The van der Waals surface area contributed by atoms with Crippen LogP contribution in [0, 0.1) is 0 Å². The first-order valence-corrected chi connectivity index (χ1v) is 4.64. The molecule has 2 atom stereocenters. The van der Waals surface area contributed by atoms with Crippen LogP contribution in [0.3, 0.4) is 0 Å². The van der Waals surface area contributed by atoms with E-state index in [0.717, 1.165) is 0 Å². The molecule has 0 rings (SSSR count). The van der Waals surface area contributed by atoms with Gasteiger partial charge in [0.2, 0.25) is 5.91 Å². The van der Waals surface area contributed by atoms with Gasteiger partial charge in [-0.25, -0.2) is 4.39 Å². The second kappa shape index (κ2) is 6.61. The van der Waals surface area contributed by atoms with Crippen molar-refractivity contribution in [3.63, 3.8) is 0 Å². The molecular weight excluding hydrogens is 209 g/mol. The molecule has 0 fully saturated rings. The summed E-state index contributed by atoms with van der Waals surface area (Å²) >= 11 is 3.89. The molecule has 7 heteroatoms. The maximum Gasteiger partial charge on any atom is 0.275 e. The number of amides is 2. The summed E-state index contributed by atoms with van der Waals surface area (Å²) in [6.07, 6.45) is -2.02. The molecular formula is C7H14FN3O2S. The Labute approximate surface area is 87.2 Å². The highest BCUT2D eigenvalue weighted by molar-refractivity contribution is 7.80. The zero-order valence-corrected chi connectivity index (χ0v) is 8.90. The summed E-state index contributed by atoms with van der Waals surface area (Å²) in [5.74, 6) is -1.26. The van der Waals surface area contributed by atoms with E-state index in [1.165, 1.54) is 7.05 Å². The van der Waals surface area contributed by atoms with Crippen molar-refractivity contribution in [3.8, 4) is 0 Å². The number of rotatable bonds is 5. The summed E-state index contributed by atoms with van der Waals surface area (Å²) in [6, 6.07) is -0.610.